The SMILES string of the molecule is Cc1ccccc1NC(=O)COc1ccc(N2C[C@@H](C(=O)O)CC2=O)cc1. The molecule has 0 aromatic heterocycles. The smallest absolute Gasteiger partial charge is 0.308 e. The van der Waals surface area contributed by atoms with Gasteiger partial charge in [-0.3, -0.25) is 14.4 Å². The van der Waals surface area contributed by atoms with Crippen LogP contribution in [0.2, 0.25) is 0 Å². The first-order chi connectivity index (χ1) is 12.9. The van der Waals surface area contributed by atoms with Gasteiger partial charge in [0, 0.05) is 24.3 Å². The molecule has 3 rings (SSSR count). The normalized spacial score (nSPS) is 16.3. The van der Waals surface area contributed by atoms with Gasteiger partial charge in [-0.1, -0.05) is 18.2 Å². The first-order valence-corrected chi connectivity index (χ1v) is 8.55. The summed E-state index contributed by atoms with van der Waals surface area (Å²) in [6.45, 7) is 1.92. The molecule has 2 N–H and O–H groups in total. The molecule has 1 fully saturated rings. The second-order valence-corrected chi connectivity index (χ2v) is 6.39. The summed E-state index contributed by atoms with van der Waals surface area (Å²) >= 11 is 0. The number of aliphatic carboxylic acids is 1. The number of ether oxygens (including phenoxy) is 1. The number of carboxylic acid groups (broad SMARTS) is 1. The molecule has 2 amide bonds. The number of benzene rings is 2. The number of para-hydroxylation sites is 1. The van der Waals surface area contributed by atoms with Crippen LogP contribution in [0.5, 0.6) is 5.75 Å². The van der Waals surface area contributed by atoms with Crippen molar-refractivity contribution >= 4 is 29.2 Å². The van der Waals surface area contributed by atoms with E-state index < -0.39 is 11.9 Å². The number of aryl methyl sites for hydroxylation is 1. The summed E-state index contributed by atoms with van der Waals surface area (Å²) in [7, 11) is 0. The standard InChI is InChI=1S/C20H20N2O5/c1-13-4-2-3-5-17(13)21-18(23)12-27-16-8-6-15(7-9-16)22-11-14(20(25)26)10-19(22)24/h2-9,14H,10-12H2,1H3,(H,21,23)(H,25,26)/t14-/m0/s1. The molecule has 0 aliphatic carbocycles. The zero-order chi connectivity index (χ0) is 19.4. The Labute approximate surface area is 156 Å². The van der Waals surface area contributed by atoms with Crippen molar-refractivity contribution in [1.29, 1.82) is 0 Å². The van der Waals surface area contributed by atoms with Gasteiger partial charge in [-0.2, -0.15) is 0 Å². The van der Waals surface area contributed by atoms with Gasteiger partial charge in [0.05, 0.1) is 5.92 Å². The molecule has 2 aromatic carbocycles. The summed E-state index contributed by atoms with van der Waals surface area (Å²) in [4.78, 5) is 36.5. The van der Waals surface area contributed by atoms with E-state index in [9.17, 15) is 14.4 Å². The molecule has 0 radical (unpaired) electrons. The Balaban J connectivity index is 1.55. The number of carboxylic acids is 1. The van der Waals surface area contributed by atoms with Crippen molar-refractivity contribution in [2.45, 2.75) is 13.3 Å². The summed E-state index contributed by atoms with van der Waals surface area (Å²) in [5.41, 5.74) is 2.31. The van der Waals surface area contributed by atoms with E-state index in [-0.39, 0.29) is 31.4 Å². The lowest BCUT2D eigenvalue weighted by atomic mass is 10.1. The number of hydrogen-bond acceptors (Lipinski definition) is 4. The second-order valence-electron chi connectivity index (χ2n) is 6.39. The average Bonchev–Trinajstić information content (AvgIpc) is 3.04. The molecule has 0 unspecified atom stereocenters. The molecule has 0 saturated carbocycles. The van der Waals surface area contributed by atoms with Gasteiger partial charge in [-0.05, 0) is 42.8 Å². The Kier molecular flexibility index (Phi) is 5.40. The summed E-state index contributed by atoms with van der Waals surface area (Å²) < 4.78 is 5.47. The van der Waals surface area contributed by atoms with Crippen molar-refractivity contribution in [1.82, 2.24) is 0 Å². The van der Waals surface area contributed by atoms with Crippen molar-refractivity contribution in [3.8, 4) is 5.75 Å². The van der Waals surface area contributed by atoms with Crippen LogP contribution in [0.15, 0.2) is 48.5 Å². The van der Waals surface area contributed by atoms with Gasteiger partial charge in [-0.25, -0.2) is 0 Å². The summed E-state index contributed by atoms with van der Waals surface area (Å²) in [6.07, 6.45) is 0.00661. The lowest BCUT2D eigenvalue weighted by Crippen LogP contribution is -2.25. The van der Waals surface area contributed by atoms with Crippen LogP contribution in [0.3, 0.4) is 0 Å². The van der Waals surface area contributed by atoms with Crippen LogP contribution in [0.4, 0.5) is 11.4 Å². The van der Waals surface area contributed by atoms with Gasteiger partial charge in [0.25, 0.3) is 5.91 Å². The lowest BCUT2D eigenvalue weighted by Gasteiger charge is -2.16. The number of amides is 2. The molecule has 7 nitrogen and oxygen atoms in total. The number of carbonyl (C=O) groups excluding carboxylic acids is 2. The van der Waals surface area contributed by atoms with Crippen molar-refractivity contribution in [3.05, 3.63) is 54.1 Å². The van der Waals surface area contributed by atoms with Crippen LogP contribution in [0.1, 0.15) is 12.0 Å². The maximum Gasteiger partial charge on any atom is 0.308 e. The van der Waals surface area contributed by atoms with Crippen LogP contribution in [0, 0.1) is 12.8 Å². The Morgan fingerprint density at radius 2 is 1.89 bits per heavy atom. The highest BCUT2D eigenvalue weighted by Crippen LogP contribution is 2.27. The van der Waals surface area contributed by atoms with Crippen LogP contribution in [0.25, 0.3) is 0 Å². The van der Waals surface area contributed by atoms with E-state index in [0.29, 0.717) is 11.4 Å². The summed E-state index contributed by atoms with van der Waals surface area (Å²) in [6, 6.07) is 14.1. The number of nitrogens with one attached hydrogen (secondary N) is 1. The van der Waals surface area contributed by atoms with Crippen molar-refractivity contribution < 1.29 is 24.2 Å². The molecule has 0 spiro atoms. The van der Waals surface area contributed by atoms with Crippen LogP contribution < -0.4 is 15.0 Å². The molecular weight excluding hydrogens is 348 g/mol. The second kappa shape index (κ2) is 7.90. The van der Waals surface area contributed by atoms with E-state index in [2.05, 4.69) is 5.32 Å². The van der Waals surface area contributed by atoms with Crippen molar-refractivity contribution in [2.75, 3.05) is 23.4 Å². The number of anilines is 2. The Morgan fingerprint density at radius 3 is 2.52 bits per heavy atom. The maximum absolute atomic E-state index is 12.0. The van der Waals surface area contributed by atoms with E-state index in [4.69, 9.17) is 9.84 Å². The van der Waals surface area contributed by atoms with Gasteiger partial charge >= 0.3 is 5.97 Å². The summed E-state index contributed by atoms with van der Waals surface area (Å²) in [5, 5.41) is 11.8. The molecule has 0 bridgehead atoms. The number of carbonyl (C=O) groups is 3. The predicted octanol–water partition coefficient (Wildman–Crippen LogP) is 2.45. The molecule has 1 aliphatic heterocycles. The molecule has 2 aromatic rings. The van der Waals surface area contributed by atoms with Gasteiger partial charge in [0.1, 0.15) is 5.75 Å². The Morgan fingerprint density at radius 1 is 1.19 bits per heavy atom. The fraction of sp³-hybridized carbons (Fsp3) is 0.250. The Hall–Kier alpha value is -3.35. The summed E-state index contributed by atoms with van der Waals surface area (Å²) in [5.74, 6) is -1.65. The van der Waals surface area contributed by atoms with E-state index in [0.717, 1.165) is 11.3 Å². The average molecular weight is 368 g/mol. The Bertz CT molecular complexity index is 863. The van der Waals surface area contributed by atoms with E-state index in [1.807, 2.05) is 31.2 Å². The van der Waals surface area contributed by atoms with Crippen molar-refractivity contribution in [3.63, 3.8) is 0 Å². The third-order valence-electron chi connectivity index (χ3n) is 4.41. The minimum Gasteiger partial charge on any atom is -0.484 e. The first kappa shape index (κ1) is 18.4. The van der Waals surface area contributed by atoms with Crippen LogP contribution in [-0.4, -0.2) is 36.0 Å². The maximum atomic E-state index is 12.0. The fourth-order valence-electron chi connectivity index (χ4n) is 2.89. The first-order valence-electron chi connectivity index (χ1n) is 8.55. The van der Waals surface area contributed by atoms with Gasteiger partial charge in [0.15, 0.2) is 6.61 Å². The molecule has 1 saturated heterocycles. The predicted molar refractivity (Wildman–Crippen MR) is 99.8 cm³/mol. The van der Waals surface area contributed by atoms with Crippen LogP contribution >= 0.6 is 0 Å². The highest BCUT2D eigenvalue weighted by atomic mass is 16.5. The lowest BCUT2D eigenvalue weighted by molar-refractivity contribution is -0.141. The number of nitrogens with zero attached hydrogens (tertiary/aromatic N) is 1. The van der Waals surface area contributed by atoms with E-state index in [1.54, 1.807) is 24.3 Å². The molecule has 27 heavy (non-hydrogen) atoms. The quantitative estimate of drug-likeness (QED) is 0.816. The number of rotatable bonds is 6. The molecule has 1 aliphatic rings. The molecule has 1 heterocycles. The zero-order valence-electron chi connectivity index (χ0n) is 14.8. The highest BCUT2D eigenvalue weighted by Gasteiger charge is 2.34. The van der Waals surface area contributed by atoms with Gasteiger partial charge in [0.2, 0.25) is 5.91 Å². The molecular formula is C20H20N2O5. The molecule has 1 atom stereocenters. The van der Waals surface area contributed by atoms with E-state index in [1.165, 1.54) is 4.90 Å². The molecule has 140 valence electrons. The van der Waals surface area contributed by atoms with Crippen molar-refractivity contribution in [2.24, 2.45) is 5.92 Å². The topological polar surface area (TPSA) is 95.9 Å². The third kappa shape index (κ3) is 4.44. The monoisotopic (exact) mass is 368 g/mol. The number of hydrogen-bond donors (Lipinski definition) is 2. The van der Waals surface area contributed by atoms with E-state index >= 15 is 0 Å². The van der Waals surface area contributed by atoms with Crippen LogP contribution in [-0.2, 0) is 14.4 Å². The zero-order valence-corrected chi connectivity index (χ0v) is 14.8. The highest BCUT2D eigenvalue weighted by molar-refractivity contribution is 5.99. The van der Waals surface area contributed by atoms with Gasteiger partial charge in [-0.15, -0.1) is 0 Å². The fourth-order valence-corrected chi connectivity index (χ4v) is 2.89. The minimum atomic E-state index is -0.967. The molecule has 7 heteroatoms. The minimum absolute atomic E-state index is 0.00661. The van der Waals surface area contributed by atoms with Gasteiger partial charge < -0.3 is 20.1 Å². The largest absolute Gasteiger partial charge is 0.484 e. The third-order valence-corrected chi connectivity index (χ3v) is 4.41.